The summed E-state index contributed by atoms with van der Waals surface area (Å²) in [5.74, 6) is 0.305. The highest BCUT2D eigenvalue weighted by Gasteiger charge is 2.65. The lowest BCUT2D eigenvalue weighted by atomic mass is 9.55. The monoisotopic (exact) mass is 810 g/mol. The molecule has 0 radical (unpaired) electrons. The summed E-state index contributed by atoms with van der Waals surface area (Å²) in [6.07, 6.45) is 8.40. The van der Waals surface area contributed by atoms with Crippen molar-refractivity contribution in [2.45, 2.75) is 81.4 Å². The van der Waals surface area contributed by atoms with Gasteiger partial charge in [-0.25, -0.2) is 4.79 Å². The summed E-state index contributed by atoms with van der Waals surface area (Å²) in [4.78, 5) is 22.6. The minimum absolute atomic E-state index is 0.0817. The van der Waals surface area contributed by atoms with E-state index in [1.54, 1.807) is 29.7 Å². The zero-order chi connectivity index (χ0) is 40.5. The third kappa shape index (κ3) is 11.1. The van der Waals surface area contributed by atoms with Crippen LogP contribution in [0, 0.1) is 17.8 Å². The molecule has 2 aromatic rings. The number of nitrogens with zero attached hydrogens (tertiary/aromatic N) is 2. The Labute approximate surface area is 342 Å². The molecule has 2 aromatic carbocycles. The SMILES string of the molecule is C=CCOC12Oc3ccc(OCCSc4ccccc4)cc3C3C(CCCCO)C(CCCCO)C=C(C(=NOCC)CC1N(CCOCCO)C(=O)OCC)C32. The number of aliphatic hydroxyl groups is 3. The maximum atomic E-state index is 14.0. The van der Waals surface area contributed by atoms with Crippen LogP contribution in [0.3, 0.4) is 0 Å². The van der Waals surface area contributed by atoms with Gasteiger partial charge in [0, 0.05) is 48.3 Å². The lowest BCUT2D eigenvalue weighted by Gasteiger charge is -2.59. The number of amides is 1. The summed E-state index contributed by atoms with van der Waals surface area (Å²) >= 11 is 1.74. The maximum absolute atomic E-state index is 14.0. The smallest absolute Gasteiger partial charge is 0.410 e. The fourth-order valence-corrected chi connectivity index (χ4v) is 9.38. The first-order valence-electron chi connectivity index (χ1n) is 20.6. The average Bonchev–Trinajstić information content (AvgIpc) is 3.23. The van der Waals surface area contributed by atoms with E-state index < -0.39 is 23.8 Å². The van der Waals surface area contributed by atoms with Gasteiger partial charge in [-0.1, -0.05) is 48.3 Å². The third-order valence-electron chi connectivity index (χ3n) is 10.9. The Morgan fingerprint density at radius 2 is 1.79 bits per heavy atom. The van der Waals surface area contributed by atoms with Crippen LogP contribution in [0.15, 0.2) is 82.9 Å². The topological polar surface area (TPSA) is 149 Å². The number of carbonyl (C=O) groups is 1. The maximum Gasteiger partial charge on any atom is 0.410 e. The molecule has 57 heavy (non-hydrogen) atoms. The number of ether oxygens (including phenoxy) is 5. The number of hydrogen-bond acceptors (Lipinski definition) is 12. The Balaban J connectivity index is 1.67. The molecule has 1 fully saturated rings. The Morgan fingerprint density at radius 3 is 2.51 bits per heavy atom. The first kappa shape index (κ1) is 44.5. The third-order valence-corrected chi connectivity index (χ3v) is 11.9. The van der Waals surface area contributed by atoms with Crippen molar-refractivity contribution in [1.82, 2.24) is 4.90 Å². The van der Waals surface area contributed by atoms with Crippen molar-refractivity contribution in [2.24, 2.45) is 22.9 Å². The highest BCUT2D eigenvalue weighted by Crippen LogP contribution is 2.62. The molecule has 2 aliphatic carbocycles. The van der Waals surface area contributed by atoms with E-state index in [2.05, 4.69) is 30.9 Å². The molecule has 1 saturated carbocycles. The summed E-state index contributed by atoms with van der Waals surface area (Å²) < 4.78 is 32.0. The Bertz CT molecular complexity index is 1610. The second-order valence-electron chi connectivity index (χ2n) is 14.4. The predicted molar refractivity (Wildman–Crippen MR) is 221 cm³/mol. The summed E-state index contributed by atoms with van der Waals surface area (Å²) in [5.41, 5.74) is 2.65. The zero-order valence-corrected chi connectivity index (χ0v) is 34.4. The quantitative estimate of drug-likeness (QED) is 0.0413. The van der Waals surface area contributed by atoms with Crippen molar-refractivity contribution in [3.05, 3.63) is 78.4 Å². The molecule has 314 valence electrons. The second-order valence-corrected chi connectivity index (χ2v) is 15.6. The minimum Gasteiger partial charge on any atom is -0.493 e. The fraction of sp³-hybridized carbons (Fsp3) is 0.591. The standard InChI is InChI=1S/C44H62N2O10S/c1-4-24-54-44-40(46(43(50)52-5-2)20-25-51-26-23-49)31-38(45-55-6-3)36-29-32(14-10-12-21-47)35(17-11-13-22-48)41(42(36)44)37-30-33(18-19-39(37)56-44)53-27-28-57-34-15-8-7-9-16-34/h4,7-9,15-16,18-19,29-30,32,35,40-42,47-49H,1,5-6,10-14,17,20-28,31H2,2-3H3. The van der Waals surface area contributed by atoms with Crippen molar-refractivity contribution in [1.29, 1.82) is 0 Å². The van der Waals surface area contributed by atoms with Crippen molar-refractivity contribution >= 4 is 23.6 Å². The van der Waals surface area contributed by atoms with E-state index in [9.17, 15) is 20.1 Å². The molecule has 6 unspecified atom stereocenters. The molecule has 6 atom stereocenters. The second kappa shape index (κ2) is 23.1. The zero-order valence-electron chi connectivity index (χ0n) is 33.6. The molecule has 0 saturated heterocycles. The summed E-state index contributed by atoms with van der Waals surface area (Å²) in [6, 6.07) is 15.5. The molecular weight excluding hydrogens is 749 g/mol. The van der Waals surface area contributed by atoms with Crippen LogP contribution in [0.5, 0.6) is 11.5 Å². The van der Waals surface area contributed by atoms with E-state index in [0.717, 1.165) is 48.3 Å². The fourth-order valence-electron chi connectivity index (χ4n) is 8.63. The van der Waals surface area contributed by atoms with Crippen molar-refractivity contribution in [3.63, 3.8) is 0 Å². The van der Waals surface area contributed by atoms with Gasteiger partial charge in [-0.3, -0.25) is 4.90 Å². The van der Waals surface area contributed by atoms with Gasteiger partial charge >= 0.3 is 6.09 Å². The van der Waals surface area contributed by atoms with Crippen LogP contribution in [-0.4, -0.2) is 116 Å². The van der Waals surface area contributed by atoms with Crippen LogP contribution in [0.2, 0.25) is 0 Å². The normalized spacial score (nSPS) is 24.1. The molecule has 0 spiro atoms. The number of carbonyl (C=O) groups excluding carboxylic acids is 1. The predicted octanol–water partition coefficient (Wildman–Crippen LogP) is 6.98. The van der Waals surface area contributed by atoms with Crippen molar-refractivity contribution in [2.75, 3.05) is 71.8 Å². The first-order valence-corrected chi connectivity index (χ1v) is 21.6. The van der Waals surface area contributed by atoms with Gasteiger partial charge in [-0.05, 0) is 87.3 Å². The van der Waals surface area contributed by atoms with E-state index in [0.29, 0.717) is 37.5 Å². The molecule has 0 aromatic heterocycles. The van der Waals surface area contributed by atoms with Crippen LogP contribution < -0.4 is 9.47 Å². The average molecular weight is 811 g/mol. The van der Waals surface area contributed by atoms with Gasteiger partial charge in [0.1, 0.15) is 24.1 Å². The van der Waals surface area contributed by atoms with E-state index in [1.807, 2.05) is 37.3 Å². The van der Waals surface area contributed by atoms with Crippen molar-refractivity contribution < 1.29 is 48.6 Å². The number of thioether (sulfide) groups is 1. The Kier molecular flexibility index (Phi) is 18.1. The van der Waals surface area contributed by atoms with E-state index in [4.69, 9.17) is 33.7 Å². The number of allylic oxidation sites excluding steroid dienone is 1. The van der Waals surface area contributed by atoms with Gasteiger partial charge in [0.05, 0.1) is 51.3 Å². The van der Waals surface area contributed by atoms with E-state index in [-0.39, 0.29) is 77.0 Å². The van der Waals surface area contributed by atoms with Crippen LogP contribution >= 0.6 is 11.8 Å². The van der Waals surface area contributed by atoms with Gasteiger partial charge in [0.25, 0.3) is 0 Å². The lowest BCUT2D eigenvalue weighted by molar-refractivity contribution is -0.256. The molecule has 1 heterocycles. The van der Waals surface area contributed by atoms with Gasteiger partial charge in [0.15, 0.2) is 0 Å². The number of fused-ring (bicyclic) bond motifs is 2. The molecule has 3 N–H and O–H groups in total. The molecule has 12 nitrogen and oxygen atoms in total. The Hall–Kier alpha value is -3.59. The number of oxime groups is 1. The van der Waals surface area contributed by atoms with E-state index in [1.165, 1.54) is 4.90 Å². The van der Waals surface area contributed by atoms with Gasteiger partial charge in [-0.15, -0.1) is 18.3 Å². The number of aliphatic hydroxyl groups excluding tert-OH is 3. The minimum atomic E-state index is -1.41. The molecule has 1 amide bonds. The van der Waals surface area contributed by atoms with Crippen LogP contribution in [0.1, 0.15) is 70.3 Å². The highest BCUT2D eigenvalue weighted by atomic mass is 32.2. The van der Waals surface area contributed by atoms with Crippen LogP contribution in [0.4, 0.5) is 4.79 Å². The first-order chi connectivity index (χ1) is 28.0. The van der Waals surface area contributed by atoms with E-state index >= 15 is 0 Å². The number of hydrogen-bond donors (Lipinski definition) is 3. The lowest BCUT2D eigenvalue weighted by Crippen LogP contribution is -2.70. The molecular formula is C44H62N2O10S. The van der Waals surface area contributed by atoms with Gasteiger partial charge in [-0.2, -0.15) is 0 Å². The van der Waals surface area contributed by atoms with Gasteiger partial charge < -0.3 is 43.8 Å². The van der Waals surface area contributed by atoms with Crippen LogP contribution in [0.25, 0.3) is 0 Å². The summed E-state index contributed by atoms with van der Waals surface area (Å²) in [6.45, 7) is 9.32. The number of rotatable bonds is 25. The number of benzene rings is 2. The molecule has 3 aliphatic rings. The molecule has 0 bridgehead atoms. The largest absolute Gasteiger partial charge is 0.493 e. The Morgan fingerprint density at radius 1 is 1.00 bits per heavy atom. The summed E-state index contributed by atoms with van der Waals surface area (Å²) in [5, 5.41) is 33.9. The molecule has 13 heteroatoms. The van der Waals surface area contributed by atoms with Gasteiger partial charge in [0.2, 0.25) is 5.79 Å². The number of unbranched alkanes of at least 4 members (excludes halogenated alkanes) is 2. The van der Waals surface area contributed by atoms with Crippen molar-refractivity contribution in [3.8, 4) is 11.5 Å². The molecule has 1 aliphatic heterocycles. The summed E-state index contributed by atoms with van der Waals surface area (Å²) in [7, 11) is 0. The van der Waals surface area contributed by atoms with Crippen LogP contribution in [-0.2, 0) is 19.0 Å². The molecule has 5 rings (SSSR count). The highest BCUT2D eigenvalue weighted by molar-refractivity contribution is 7.99.